The first-order valence-corrected chi connectivity index (χ1v) is 10.8. The van der Waals surface area contributed by atoms with Gasteiger partial charge in [0.05, 0.1) is 37.7 Å². The van der Waals surface area contributed by atoms with E-state index in [1.807, 2.05) is 25.1 Å². The van der Waals surface area contributed by atoms with E-state index in [9.17, 15) is 13.2 Å². The third-order valence-electron chi connectivity index (χ3n) is 5.61. The van der Waals surface area contributed by atoms with Gasteiger partial charge in [-0.05, 0) is 25.5 Å². The summed E-state index contributed by atoms with van der Waals surface area (Å²) in [4.78, 5) is 18.1. The van der Waals surface area contributed by atoms with Gasteiger partial charge < -0.3 is 14.7 Å². The van der Waals surface area contributed by atoms with E-state index < -0.39 is 9.84 Å². The number of likely N-dealkylation sites (N-methyl/N-ethyl adjacent to an activating group) is 1. The van der Waals surface area contributed by atoms with Crippen LogP contribution >= 0.6 is 0 Å². The van der Waals surface area contributed by atoms with Crippen molar-refractivity contribution in [1.29, 1.82) is 0 Å². The molecule has 0 aliphatic carbocycles. The van der Waals surface area contributed by atoms with Crippen molar-refractivity contribution in [2.75, 3.05) is 49.6 Å². The fraction of sp³-hybridized carbons (Fsp3) is 0.611. The predicted molar refractivity (Wildman–Crippen MR) is 98.6 cm³/mol. The van der Waals surface area contributed by atoms with Gasteiger partial charge in [0.1, 0.15) is 0 Å². The van der Waals surface area contributed by atoms with Crippen LogP contribution in [0.1, 0.15) is 13.3 Å². The Morgan fingerprint density at radius 1 is 1.24 bits per heavy atom. The summed E-state index contributed by atoms with van der Waals surface area (Å²) in [6.07, 6.45) is 0.564. The molecule has 6 nitrogen and oxygen atoms in total. The fourth-order valence-corrected chi connectivity index (χ4v) is 5.64. The summed E-state index contributed by atoms with van der Waals surface area (Å²) in [6, 6.07) is 10.1. The molecule has 2 saturated heterocycles. The number of rotatable bonds is 4. The molecular weight excluding hydrogens is 338 g/mol. The Bertz CT molecular complexity index is 700. The van der Waals surface area contributed by atoms with Gasteiger partial charge in [0.2, 0.25) is 0 Å². The lowest BCUT2D eigenvalue weighted by Gasteiger charge is -2.37. The van der Waals surface area contributed by atoms with Crippen LogP contribution in [0.4, 0.5) is 5.69 Å². The Balaban J connectivity index is 1.55. The summed E-state index contributed by atoms with van der Waals surface area (Å²) >= 11 is 0. The first kappa shape index (κ1) is 18.2. The summed E-state index contributed by atoms with van der Waals surface area (Å²) < 4.78 is 23.3. The second-order valence-electron chi connectivity index (χ2n) is 7.21. The van der Waals surface area contributed by atoms with Gasteiger partial charge in [-0.1, -0.05) is 18.2 Å². The van der Waals surface area contributed by atoms with Crippen LogP contribution in [0, 0.1) is 0 Å². The highest BCUT2D eigenvalue weighted by Crippen LogP contribution is 2.17. The Morgan fingerprint density at radius 3 is 2.44 bits per heavy atom. The largest absolute Gasteiger partial charge is 0.360 e. The molecule has 1 aromatic carbocycles. The zero-order valence-corrected chi connectivity index (χ0v) is 15.8. The number of anilines is 1. The van der Waals surface area contributed by atoms with Crippen molar-refractivity contribution < 1.29 is 18.1 Å². The number of benzene rings is 1. The predicted octanol–water partition coefficient (Wildman–Crippen LogP) is -0.574. The molecule has 3 rings (SSSR count). The Hall–Kier alpha value is -1.60. The number of carbonyl (C=O) groups excluding carboxylic acids is 1. The molecular formula is C18H28N3O3S+. The van der Waals surface area contributed by atoms with E-state index in [4.69, 9.17) is 0 Å². The molecule has 0 bridgehead atoms. The maximum Gasteiger partial charge on any atom is 0.280 e. The molecule has 25 heavy (non-hydrogen) atoms. The normalized spacial score (nSPS) is 24.9. The number of para-hydroxylation sites is 1. The third kappa shape index (κ3) is 4.15. The van der Waals surface area contributed by atoms with Gasteiger partial charge in [-0.25, -0.2) is 8.42 Å². The first-order chi connectivity index (χ1) is 11.9. The van der Waals surface area contributed by atoms with E-state index in [-0.39, 0.29) is 29.5 Å². The lowest BCUT2D eigenvalue weighted by molar-refractivity contribution is -0.915. The van der Waals surface area contributed by atoms with Gasteiger partial charge >= 0.3 is 0 Å². The highest BCUT2D eigenvalue weighted by atomic mass is 32.2. The second kappa shape index (κ2) is 7.33. The van der Waals surface area contributed by atoms with E-state index in [2.05, 4.69) is 17.0 Å². The molecule has 2 aliphatic heterocycles. The van der Waals surface area contributed by atoms with Crippen LogP contribution in [-0.4, -0.2) is 76.0 Å². The molecule has 0 radical (unpaired) electrons. The van der Waals surface area contributed by atoms with E-state index in [1.165, 1.54) is 10.6 Å². The van der Waals surface area contributed by atoms with Crippen LogP contribution in [0.5, 0.6) is 0 Å². The number of carbonyl (C=O) groups is 1. The topological polar surface area (TPSA) is 62.1 Å². The number of quaternary nitrogens is 1. The number of hydrogen-bond donors (Lipinski definition) is 1. The summed E-state index contributed by atoms with van der Waals surface area (Å²) in [6.45, 7) is 5.66. The number of amides is 1. The molecule has 7 heteroatoms. The summed E-state index contributed by atoms with van der Waals surface area (Å²) in [5, 5.41) is 0. The average Bonchev–Trinajstić information content (AvgIpc) is 3.00. The van der Waals surface area contributed by atoms with E-state index in [0.717, 1.165) is 26.2 Å². The van der Waals surface area contributed by atoms with Gasteiger partial charge in [0.15, 0.2) is 15.9 Å². The molecule has 2 fully saturated rings. The molecule has 2 heterocycles. The minimum Gasteiger partial charge on any atom is -0.360 e. The van der Waals surface area contributed by atoms with Crippen molar-refractivity contribution in [3.05, 3.63) is 30.3 Å². The third-order valence-corrected chi connectivity index (χ3v) is 7.36. The van der Waals surface area contributed by atoms with Crippen LogP contribution in [0.15, 0.2) is 30.3 Å². The molecule has 0 aromatic heterocycles. The molecule has 0 saturated carbocycles. The minimum atomic E-state index is -2.97. The van der Waals surface area contributed by atoms with Crippen molar-refractivity contribution in [3.8, 4) is 0 Å². The summed E-state index contributed by atoms with van der Waals surface area (Å²) in [5.41, 5.74) is 1.23. The lowest BCUT2D eigenvalue weighted by Crippen LogP contribution is -3.19. The van der Waals surface area contributed by atoms with Crippen molar-refractivity contribution >= 4 is 21.4 Å². The van der Waals surface area contributed by atoms with Gasteiger partial charge in [0.25, 0.3) is 5.91 Å². The lowest BCUT2D eigenvalue weighted by atomic mass is 10.1. The zero-order chi connectivity index (χ0) is 18.0. The maximum atomic E-state index is 12.8. The zero-order valence-electron chi connectivity index (χ0n) is 15.0. The molecule has 0 unspecified atom stereocenters. The summed E-state index contributed by atoms with van der Waals surface area (Å²) in [7, 11) is -1.22. The number of nitrogens with zero attached hydrogens (tertiary/aromatic N) is 2. The minimum absolute atomic E-state index is 0.0604. The van der Waals surface area contributed by atoms with Crippen molar-refractivity contribution in [2.45, 2.75) is 25.4 Å². The molecule has 1 N–H and O–H groups in total. The Labute approximate surface area is 150 Å². The monoisotopic (exact) mass is 366 g/mol. The Kier molecular flexibility index (Phi) is 5.34. The molecule has 2 atom stereocenters. The average molecular weight is 367 g/mol. The number of sulfone groups is 1. The van der Waals surface area contributed by atoms with Crippen molar-refractivity contribution in [2.24, 2.45) is 0 Å². The van der Waals surface area contributed by atoms with Crippen LogP contribution in [0.3, 0.4) is 0 Å². The van der Waals surface area contributed by atoms with Crippen molar-refractivity contribution in [1.82, 2.24) is 4.90 Å². The molecule has 1 aromatic rings. The first-order valence-electron chi connectivity index (χ1n) is 8.99. The van der Waals surface area contributed by atoms with Crippen molar-refractivity contribution in [3.63, 3.8) is 0 Å². The summed E-state index contributed by atoms with van der Waals surface area (Å²) in [5.74, 6) is 0.371. The van der Waals surface area contributed by atoms with Gasteiger partial charge in [0, 0.05) is 18.8 Å². The quantitative estimate of drug-likeness (QED) is 0.775. The molecule has 1 amide bonds. The van der Waals surface area contributed by atoms with Crippen LogP contribution in [0.25, 0.3) is 0 Å². The van der Waals surface area contributed by atoms with Gasteiger partial charge in [-0.15, -0.1) is 0 Å². The van der Waals surface area contributed by atoms with Crippen LogP contribution < -0.4 is 9.80 Å². The molecule has 138 valence electrons. The number of piperazine rings is 1. The van der Waals surface area contributed by atoms with E-state index in [0.29, 0.717) is 6.42 Å². The van der Waals surface area contributed by atoms with Crippen LogP contribution in [0.2, 0.25) is 0 Å². The van der Waals surface area contributed by atoms with Crippen LogP contribution in [-0.2, 0) is 14.6 Å². The van der Waals surface area contributed by atoms with E-state index in [1.54, 1.807) is 11.9 Å². The SMILES string of the molecule is C[C@@H](C(=O)N(C)[C@@H]1CCS(=O)(=O)C1)[NH+]1CCN(c2ccccc2)CC1. The molecule has 2 aliphatic rings. The molecule has 0 spiro atoms. The standard InChI is InChI=1S/C18H27N3O3S/c1-15(18(22)19(2)17-8-13-25(23,24)14-17)20-9-11-21(12-10-20)16-6-4-3-5-7-16/h3-7,15,17H,8-14H2,1-2H3/p+1/t15-,17+/m0/s1. The highest BCUT2D eigenvalue weighted by molar-refractivity contribution is 7.91. The van der Waals surface area contributed by atoms with Gasteiger partial charge in [-0.3, -0.25) is 4.79 Å². The smallest absolute Gasteiger partial charge is 0.280 e. The fourth-order valence-electron chi connectivity index (χ4n) is 3.86. The van der Waals surface area contributed by atoms with Gasteiger partial charge in [-0.2, -0.15) is 0 Å². The number of nitrogens with one attached hydrogen (secondary N) is 1. The number of hydrogen-bond acceptors (Lipinski definition) is 4. The highest BCUT2D eigenvalue weighted by Gasteiger charge is 2.37. The van der Waals surface area contributed by atoms with E-state index >= 15 is 0 Å². The Morgan fingerprint density at radius 2 is 1.88 bits per heavy atom. The second-order valence-corrected chi connectivity index (χ2v) is 9.44. The maximum absolute atomic E-state index is 12.8.